The molecule has 0 aliphatic rings. The molecule has 1 atom stereocenters. The lowest BCUT2D eigenvalue weighted by Crippen LogP contribution is -2.34. The average Bonchev–Trinajstić information content (AvgIpc) is 2.78. The highest BCUT2D eigenvalue weighted by atomic mass is 127. The van der Waals surface area contributed by atoms with E-state index in [4.69, 9.17) is 10.6 Å². The molecule has 0 aliphatic heterocycles. The summed E-state index contributed by atoms with van der Waals surface area (Å²) >= 11 is 1.68. The van der Waals surface area contributed by atoms with Crippen molar-refractivity contribution < 1.29 is 23.4 Å². The predicted octanol–water partition coefficient (Wildman–Crippen LogP) is 2.28. The van der Waals surface area contributed by atoms with E-state index in [-0.39, 0.29) is 35.7 Å². The zero-order valence-corrected chi connectivity index (χ0v) is 18.7. The number of rotatable bonds is 8. The first kappa shape index (κ1) is 23.6. The van der Waals surface area contributed by atoms with Crippen molar-refractivity contribution in [3.63, 3.8) is 0 Å². The lowest BCUT2D eigenvalue weighted by molar-refractivity contribution is 0.0946. The molecular weight excluding hydrogens is 537 g/mol. The zero-order chi connectivity index (χ0) is 23.3. The van der Waals surface area contributed by atoms with Crippen molar-refractivity contribution in [2.75, 3.05) is 5.84 Å². The van der Waals surface area contributed by atoms with E-state index in [1.54, 1.807) is 47.1 Å². The molecule has 0 saturated carbocycles. The number of nitrogens with one attached hydrogen (secondary N) is 2. The van der Waals surface area contributed by atoms with E-state index in [0.717, 1.165) is 22.5 Å². The highest BCUT2D eigenvalue weighted by molar-refractivity contribution is 14.1. The molecule has 1 heterocycles. The standard InChI is InChI=1S/C21H19F2IN4O4/c22-14-7-6-13(16(23)8-14)9-26-20(30)15-10-28(25)17(21(31)27-24)19(18(15)29)32-11-12-4-2-1-3-5-12/h1-8,10,21,27,31H,9,11,25H2,(H,26,30). The Morgan fingerprint density at radius 3 is 2.59 bits per heavy atom. The van der Waals surface area contributed by atoms with Gasteiger partial charge in [0.1, 0.15) is 29.5 Å². The Morgan fingerprint density at radius 2 is 1.94 bits per heavy atom. The molecule has 32 heavy (non-hydrogen) atoms. The number of hydrogen-bond donors (Lipinski definition) is 4. The molecule has 1 amide bonds. The Kier molecular flexibility index (Phi) is 7.77. The van der Waals surface area contributed by atoms with Crippen LogP contribution < -0.4 is 24.9 Å². The number of ether oxygens (including phenoxy) is 1. The molecule has 0 saturated heterocycles. The number of nitrogens with two attached hydrogens (primary N) is 1. The van der Waals surface area contributed by atoms with E-state index in [9.17, 15) is 23.5 Å². The Balaban J connectivity index is 1.90. The molecule has 11 heteroatoms. The first-order valence-corrected chi connectivity index (χ1v) is 10.4. The second-order valence-corrected chi connectivity index (χ2v) is 7.32. The molecule has 2 aromatic carbocycles. The Hall–Kier alpha value is -3.03. The van der Waals surface area contributed by atoms with Crippen molar-refractivity contribution in [1.29, 1.82) is 0 Å². The van der Waals surface area contributed by atoms with Gasteiger partial charge in [0.2, 0.25) is 5.43 Å². The van der Waals surface area contributed by atoms with Gasteiger partial charge in [0, 0.05) is 47.2 Å². The fourth-order valence-corrected chi connectivity index (χ4v) is 3.20. The van der Waals surface area contributed by atoms with Crippen molar-refractivity contribution >= 4 is 28.8 Å². The minimum Gasteiger partial charge on any atom is -0.483 e. The number of carbonyl (C=O) groups excluding carboxylic acids is 1. The van der Waals surface area contributed by atoms with Gasteiger partial charge in [-0.3, -0.25) is 14.3 Å². The van der Waals surface area contributed by atoms with Crippen LogP contribution in [0.4, 0.5) is 8.78 Å². The summed E-state index contributed by atoms with van der Waals surface area (Å²) in [5.41, 5.74) is -0.473. The normalized spacial score (nSPS) is 11.8. The van der Waals surface area contributed by atoms with E-state index in [2.05, 4.69) is 8.85 Å². The third kappa shape index (κ3) is 5.41. The van der Waals surface area contributed by atoms with Gasteiger partial charge in [0.15, 0.2) is 12.0 Å². The summed E-state index contributed by atoms with van der Waals surface area (Å²) in [6.07, 6.45) is -0.315. The molecule has 5 N–H and O–H groups in total. The van der Waals surface area contributed by atoms with Crippen LogP contribution in [-0.2, 0) is 13.2 Å². The molecule has 0 aliphatic carbocycles. The third-order valence-corrected chi connectivity index (χ3v) is 5.11. The van der Waals surface area contributed by atoms with Gasteiger partial charge in [-0.15, -0.1) is 0 Å². The lowest BCUT2D eigenvalue weighted by atomic mass is 10.1. The van der Waals surface area contributed by atoms with Gasteiger partial charge in [0.05, 0.1) is 0 Å². The molecule has 0 fully saturated rings. The third-order valence-electron chi connectivity index (χ3n) is 4.52. The summed E-state index contributed by atoms with van der Waals surface area (Å²) in [6.45, 7) is -0.294. The van der Waals surface area contributed by atoms with Crippen LogP contribution in [-0.4, -0.2) is 15.7 Å². The molecule has 1 aromatic heterocycles. The van der Waals surface area contributed by atoms with Crippen LogP contribution in [0.1, 0.15) is 33.4 Å². The molecule has 3 rings (SSSR count). The fraction of sp³-hybridized carbons (Fsp3) is 0.143. The summed E-state index contributed by atoms with van der Waals surface area (Å²) in [6, 6.07) is 11.9. The molecule has 0 bridgehead atoms. The first-order valence-electron chi connectivity index (χ1n) is 9.29. The maximum Gasteiger partial charge on any atom is 0.257 e. The number of aliphatic hydroxyl groups excluding tert-OH is 1. The summed E-state index contributed by atoms with van der Waals surface area (Å²) in [5.74, 6) is 3.20. The molecule has 168 valence electrons. The van der Waals surface area contributed by atoms with Gasteiger partial charge in [-0.1, -0.05) is 36.4 Å². The predicted molar refractivity (Wildman–Crippen MR) is 121 cm³/mol. The minimum absolute atomic E-state index is 0.0110. The van der Waals surface area contributed by atoms with Crippen molar-refractivity contribution in [3.8, 4) is 5.75 Å². The highest BCUT2D eigenvalue weighted by Gasteiger charge is 2.25. The number of amides is 1. The summed E-state index contributed by atoms with van der Waals surface area (Å²) in [4.78, 5) is 25.7. The molecule has 0 radical (unpaired) electrons. The number of carbonyl (C=O) groups is 1. The number of nitrogens with zero attached hydrogens (tertiary/aromatic N) is 1. The van der Waals surface area contributed by atoms with E-state index in [1.165, 1.54) is 6.07 Å². The Morgan fingerprint density at radius 1 is 1.22 bits per heavy atom. The topological polar surface area (TPSA) is 119 Å². The van der Waals surface area contributed by atoms with Crippen molar-refractivity contribution in [1.82, 2.24) is 13.5 Å². The summed E-state index contributed by atoms with van der Waals surface area (Å²) in [7, 11) is 0. The average molecular weight is 556 g/mol. The minimum atomic E-state index is -1.36. The summed E-state index contributed by atoms with van der Waals surface area (Å²) in [5, 5.41) is 12.6. The van der Waals surface area contributed by atoms with E-state index in [0.29, 0.717) is 6.07 Å². The number of pyridine rings is 1. The van der Waals surface area contributed by atoms with Gasteiger partial charge in [0.25, 0.3) is 5.91 Å². The molecular formula is C21H19F2IN4O4. The monoisotopic (exact) mass is 556 g/mol. The maximum atomic E-state index is 13.8. The van der Waals surface area contributed by atoms with Crippen molar-refractivity contribution in [2.24, 2.45) is 0 Å². The van der Waals surface area contributed by atoms with Gasteiger partial charge < -0.3 is 21.0 Å². The number of hydrogen-bond acceptors (Lipinski definition) is 6. The maximum absolute atomic E-state index is 13.8. The van der Waals surface area contributed by atoms with Crippen LogP contribution in [0.2, 0.25) is 0 Å². The van der Waals surface area contributed by atoms with Gasteiger partial charge in [-0.2, -0.15) is 0 Å². The van der Waals surface area contributed by atoms with Crippen LogP contribution in [0, 0.1) is 11.6 Å². The highest BCUT2D eigenvalue weighted by Crippen LogP contribution is 2.22. The molecule has 1 unspecified atom stereocenters. The smallest absolute Gasteiger partial charge is 0.257 e. The van der Waals surface area contributed by atoms with E-state index in [1.807, 2.05) is 6.07 Å². The fourth-order valence-electron chi connectivity index (χ4n) is 2.91. The molecule has 0 spiro atoms. The first-order chi connectivity index (χ1) is 15.3. The van der Waals surface area contributed by atoms with Crippen LogP contribution in [0.3, 0.4) is 0 Å². The second kappa shape index (κ2) is 10.5. The largest absolute Gasteiger partial charge is 0.483 e. The van der Waals surface area contributed by atoms with Gasteiger partial charge in [-0.25, -0.2) is 12.3 Å². The lowest BCUT2D eigenvalue weighted by Gasteiger charge is -2.19. The number of aromatic nitrogens is 1. The number of nitrogen functional groups attached to an aromatic ring is 1. The van der Waals surface area contributed by atoms with Crippen molar-refractivity contribution in [2.45, 2.75) is 19.4 Å². The summed E-state index contributed by atoms with van der Waals surface area (Å²) < 4.78 is 36.0. The second-order valence-electron chi connectivity index (χ2n) is 6.70. The molecule has 3 aromatic rings. The van der Waals surface area contributed by atoms with Crippen LogP contribution >= 0.6 is 22.9 Å². The van der Waals surface area contributed by atoms with Crippen LogP contribution in [0.25, 0.3) is 0 Å². The quantitative estimate of drug-likeness (QED) is 0.146. The Bertz CT molecular complexity index is 1170. The van der Waals surface area contributed by atoms with E-state index < -0.39 is 29.2 Å². The van der Waals surface area contributed by atoms with Gasteiger partial charge >= 0.3 is 0 Å². The number of halogens is 3. The van der Waals surface area contributed by atoms with Crippen LogP contribution in [0.5, 0.6) is 5.75 Å². The Labute approximate surface area is 195 Å². The number of aliphatic hydroxyl groups is 1. The van der Waals surface area contributed by atoms with Crippen molar-refractivity contribution in [3.05, 3.63) is 99.0 Å². The van der Waals surface area contributed by atoms with E-state index >= 15 is 0 Å². The van der Waals surface area contributed by atoms with Gasteiger partial charge in [-0.05, 0) is 11.6 Å². The zero-order valence-electron chi connectivity index (χ0n) is 16.5. The SMILES string of the molecule is Nn1cc(C(=O)NCc2ccc(F)cc2F)c(=O)c(OCc2ccccc2)c1C(O)NI. The number of benzene rings is 2. The van der Waals surface area contributed by atoms with Crippen LogP contribution in [0.15, 0.2) is 59.5 Å². The molecule has 8 nitrogen and oxygen atoms in total.